The van der Waals surface area contributed by atoms with E-state index >= 15 is 0 Å². The number of aliphatic hydroxyl groups excluding tert-OH is 1. The molecule has 0 aromatic heterocycles. The number of methoxy groups -OCH3 is 1. The van der Waals surface area contributed by atoms with E-state index in [0.29, 0.717) is 19.8 Å². The van der Waals surface area contributed by atoms with Crippen LogP contribution in [0.15, 0.2) is 60.7 Å². The molecule has 0 radical (unpaired) electrons. The fraction of sp³-hybridized carbons (Fsp3) is 0.364. The monoisotopic (exact) mass is 353 g/mol. The number of hydrogen-bond acceptors (Lipinski definition) is 4. The van der Waals surface area contributed by atoms with Gasteiger partial charge in [0.05, 0.1) is 26.4 Å². The smallest absolute Gasteiger partial charge is 0.118 e. The first-order valence-corrected chi connectivity index (χ1v) is 9.10. The normalized spacial score (nSPS) is 16.2. The van der Waals surface area contributed by atoms with Crippen LogP contribution in [0.25, 0.3) is 5.57 Å². The molecule has 1 aliphatic heterocycles. The van der Waals surface area contributed by atoms with Crippen LogP contribution in [0.1, 0.15) is 17.5 Å². The summed E-state index contributed by atoms with van der Waals surface area (Å²) < 4.78 is 10.8. The first-order valence-electron chi connectivity index (χ1n) is 9.10. The van der Waals surface area contributed by atoms with Crippen LogP contribution in [-0.4, -0.2) is 49.5 Å². The van der Waals surface area contributed by atoms with Gasteiger partial charge in [-0.05, 0) is 35.3 Å². The van der Waals surface area contributed by atoms with Crippen LogP contribution in [0.3, 0.4) is 0 Å². The van der Waals surface area contributed by atoms with Crippen LogP contribution in [0, 0.1) is 0 Å². The highest BCUT2D eigenvalue weighted by molar-refractivity contribution is 5.66. The van der Waals surface area contributed by atoms with Gasteiger partial charge in [0.15, 0.2) is 0 Å². The van der Waals surface area contributed by atoms with Gasteiger partial charge in [-0.25, -0.2) is 0 Å². The molecule has 0 bridgehead atoms. The van der Waals surface area contributed by atoms with Crippen LogP contribution in [0.5, 0.6) is 5.75 Å². The number of ether oxygens (including phenoxy) is 2. The van der Waals surface area contributed by atoms with E-state index in [9.17, 15) is 5.11 Å². The lowest BCUT2D eigenvalue weighted by molar-refractivity contribution is 0.0115. The Kier molecular flexibility index (Phi) is 6.83. The number of nitrogens with zero attached hydrogens (tertiary/aromatic N) is 1. The molecule has 1 heterocycles. The molecule has 0 amide bonds. The molecule has 138 valence electrons. The zero-order valence-corrected chi connectivity index (χ0v) is 15.3. The maximum atomic E-state index is 10.2. The summed E-state index contributed by atoms with van der Waals surface area (Å²) in [5.41, 5.74) is 3.77. The predicted octanol–water partition coefficient (Wildman–Crippen LogP) is 3.36. The number of hydrogen-bond donors (Lipinski definition) is 1. The van der Waals surface area contributed by atoms with E-state index in [1.54, 1.807) is 7.11 Å². The minimum absolute atomic E-state index is 0.345. The van der Waals surface area contributed by atoms with Crippen molar-refractivity contribution in [2.45, 2.75) is 19.1 Å². The molecule has 1 aliphatic rings. The second-order valence-corrected chi connectivity index (χ2v) is 6.62. The molecule has 0 fully saturated rings. The molecule has 0 saturated heterocycles. The van der Waals surface area contributed by atoms with Crippen molar-refractivity contribution in [2.75, 3.05) is 33.4 Å². The van der Waals surface area contributed by atoms with E-state index in [1.807, 2.05) is 30.3 Å². The van der Waals surface area contributed by atoms with Gasteiger partial charge >= 0.3 is 0 Å². The Morgan fingerprint density at radius 1 is 1.08 bits per heavy atom. The summed E-state index contributed by atoms with van der Waals surface area (Å²) in [7, 11) is 1.65. The maximum Gasteiger partial charge on any atom is 0.118 e. The van der Waals surface area contributed by atoms with Crippen LogP contribution < -0.4 is 4.74 Å². The minimum atomic E-state index is -0.472. The van der Waals surface area contributed by atoms with Crippen molar-refractivity contribution >= 4 is 5.57 Å². The summed E-state index contributed by atoms with van der Waals surface area (Å²) in [6.45, 7) is 3.33. The highest BCUT2D eigenvalue weighted by Crippen LogP contribution is 2.22. The van der Waals surface area contributed by atoms with Gasteiger partial charge in [0, 0.05) is 19.6 Å². The molecular weight excluding hydrogens is 326 g/mol. The molecule has 26 heavy (non-hydrogen) atoms. The van der Waals surface area contributed by atoms with Gasteiger partial charge in [-0.15, -0.1) is 0 Å². The van der Waals surface area contributed by atoms with Gasteiger partial charge in [0.1, 0.15) is 5.75 Å². The third-order valence-corrected chi connectivity index (χ3v) is 4.64. The van der Waals surface area contributed by atoms with Crippen LogP contribution in [0.4, 0.5) is 0 Å². The van der Waals surface area contributed by atoms with Crippen molar-refractivity contribution in [3.05, 3.63) is 71.8 Å². The average Bonchev–Trinajstić information content (AvgIpc) is 2.70. The van der Waals surface area contributed by atoms with Crippen LogP contribution >= 0.6 is 0 Å². The molecule has 1 unspecified atom stereocenters. The van der Waals surface area contributed by atoms with Crippen LogP contribution in [0.2, 0.25) is 0 Å². The third-order valence-electron chi connectivity index (χ3n) is 4.64. The lowest BCUT2D eigenvalue weighted by Crippen LogP contribution is -2.37. The summed E-state index contributed by atoms with van der Waals surface area (Å²) in [6.07, 6.45) is 2.81. The van der Waals surface area contributed by atoms with E-state index in [-0.39, 0.29) is 0 Å². The Morgan fingerprint density at radius 3 is 2.50 bits per heavy atom. The predicted molar refractivity (Wildman–Crippen MR) is 104 cm³/mol. The van der Waals surface area contributed by atoms with Gasteiger partial charge in [-0.1, -0.05) is 48.5 Å². The Bertz CT molecular complexity index is 697. The SMILES string of the molecule is COc1ccc(COCC(O)CN2CC=C(c3ccccc3)CC2)cc1. The number of benzene rings is 2. The second kappa shape index (κ2) is 9.53. The zero-order chi connectivity index (χ0) is 18.2. The number of β-amino-alcohol motifs (C(OH)–C–C–N with tert-alkyl or cyclic N) is 1. The van der Waals surface area contributed by atoms with Gasteiger partial charge in [0.25, 0.3) is 0 Å². The standard InChI is InChI=1S/C22H27NO3/c1-25-22-9-7-18(8-10-22)16-26-17-21(24)15-23-13-11-20(12-14-23)19-5-3-2-4-6-19/h2-11,21,24H,12-17H2,1H3. The molecule has 0 saturated carbocycles. The van der Waals surface area contributed by atoms with Crippen LogP contribution in [-0.2, 0) is 11.3 Å². The van der Waals surface area contributed by atoms with Gasteiger partial charge in [-0.2, -0.15) is 0 Å². The van der Waals surface area contributed by atoms with E-state index < -0.39 is 6.10 Å². The highest BCUT2D eigenvalue weighted by atomic mass is 16.5. The fourth-order valence-electron chi connectivity index (χ4n) is 3.18. The Morgan fingerprint density at radius 2 is 1.85 bits per heavy atom. The maximum absolute atomic E-state index is 10.2. The Hall–Kier alpha value is -2.14. The van der Waals surface area contributed by atoms with Crippen molar-refractivity contribution in [3.8, 4) is 5.75 Å². The summed E-state index contributed by atoms with van der Waals surface area (Å²) in [4.78, 5) is 2.27. The lowest BCUT2D eigenvalue weighted by atomic mass is 9.99. The molecule has 3 rings (SSSR count). The number of aliphatic hydroxyl groups is 1. The van der Waals surface area contributed by atoms with Crippen molar-refractivity contribution in [2.24, 2.45) is 0 Å². The third kappa shape index (κ3) is 5.43. The number of rotatable bonds is 8. The lowest BCUT2D eigenvalue weighted by Gasteiger charge is -2.28. The first-order chi connectivity index (χ1) is 12.7. The zero-order valence-electron chi connectivity index (χ0n) is 15.3. The first kappa shape index (κ1) is 18.6. The molecular formula is C22H27NO3. The fourth-order valence-corrected chi connectivity index (χ4v) is 3.18. The van der Waals surface area contributed by atoms with Gasteiger partial charge in [-0.3, -0.25) is 4.90 Å². The van der Waals surface area contributed by atoms with Crippen molar-refractivity contribution in [1.29, 1.82) is 0 Å². The van der Waals surface area contributed by atoms with E-state index in [2.05, 4.69) is 35.2 Å². The largest absolute Gasteiger partial charge is 0.497 e. The Labute approximate surface area is 155 Å². The molecule has 4 heteroatoms. The van der Waals surface area contributed by atoms with Crippen molar-refractivity contribution in [3.63, 3.8) is 0 Å². The molecule has 0 aliphatic carbocycles. The summed E-state index contributed by atoms with van der Waals surface area (Å²) in [5.74, 6) is 0.835. The van der Waals surface area contributed by atoms with E-state index in [0.717, 1.165) is 30.8 Å². The molecule has 0 spiro atoms. The van der Waals surface area contributed by atoms with E-state index in [4.69, 9.17) is 9.47 Å². The van der Waals surface area contributed by atoms with Crippen molar-refractivity contribution < 1.29 is 14.6 Å². The highest BCUT2D eigenvalue weighted by Gasteiger charge is 2.16. The topological polar surface area (TPSA) is 41.9 Å². The summed E-state index contributed by atoms with van der Waals surface area (Å²) >= 11 is 0. The quantitative estimate of drug-likeness (QED) is 0.790. The van der Waals surface area contributed by atoms with Gasteiger partial charge in [0.2, 0.25) is 0 Å². The molecule has 1 atom stereocenters. The summed E-state index contributed by atoms with van der Waals surface area (Å²) in [5, 5.41) is 10.2. The van der Waals surface area contributed by atoms with E-state index in [1.165, 1.54) is 11.1 Å². The van der Waals surface area contributed by atoms with Crippen molar-refractivity contribution in [1.82, 2.24) is 4.90 Å². The molecule has 1 N–H and O–H groups in total. The summed E-state index contributed by atoms with van der Waals surface area (Å²) in [6, 6.07) is 18.3. The molecule has 4 nitrogen and oxygen atoms in total. The molecule has 2 aromatic carbocycles. The molecule has 2 aromatic rings. The Balaban J connectivity index is 1.38. The van der Waals surface area contributed by atoms with Gasteiger partial charge < -0.3 is 14.6 Å². The second-order valence-electron chi connectivity index (χ2n) is 6.62. The average molecular weight is 353 g/mol. The minimum Gasteiger partial charge on any atom is -0.497 e.